The Kier molecular flexibility index (Phi) is 6.54. The van der Waals surface area contributed by atoms with Gasteiger partial charge in [0.05, 0.1) is 19.8 Å². The Labute approximate surface area is 169 Å². The molecular weight excluding hydrogens is 406 g/mol. The molecule has 6 nitrogen and oxygen atoms in total. The van der Waals surface area contributed by atoms with E-state index in [9.17, 15) is 4.79 Å². The third-order valence-electron chi connectivity index (χ3n) is 3.59. The SMILES string of the molecule is COc1ccc(C(=O)Nc2nnc(SCc3ccccc3Cl)s2)c(OC)c1. The Morgan fingerprint density at radius 1 is 1.19 bits per heavy atom. The number of rotatable bonds is 7. The summed E-state index contributed by atoms with van der Waals surface area (Å²) in [6.07, 6.45) is 0. The third kappa shape index (κ3) is 4.91. The molecule has 27 heavy (non-hydrogen) atoms. The molecule has 0 aliphatic carbocycles. The minimum absolute atomic E-state index is 0.326. The van der Waals surface area contributed by atoms with Crippen molar-refractivity contribution in [2.75, 3.05) is 19.5 Å². The first-order valence-electron chi connectivity index (χ1n) is 7.84. The molecule has 3 aromatic rings. The van der Waals surface area contributed by atoms with Gasteiger partial charge in [-0.05, 0) is 23.8 Å². The Morgan fingerprint density at radius 2 is 2.00 bits per heavy atom. The number of benzene rings is 2. The van der Waals surface area contributed by atoms with Crippen LogP contribution in [-0.2, 0) is 5.75 Å². The number of carbonyl (C=O) groups excluding carboxylic acids is 1. The molecule has 0 radical (unpaired) electrons. The molecular formula is C18H16ClN3O3S2. The van der Waals surface area contributed by atoms with Crippen molar-refractivity contribution in [3.05, 3.63) is 58.6 Å². The smallest absolute Gasteiger partial charge is 0.261 e. The Balaban J connectivity index is 1.65. The summed E-state index contributed by atoms with van der Waals surface area (Å²) in [5.41, 5.74) is 1.41. The van der Waals surface area contributed by atoms with Crippen LogP contribution < -0.4 is 14.8 Å². The number of methoxy groups -OCH3 is 2. The van der Waals surface area contributed by atoms with Crippen molar-refractivity contribution in [2.45, 2.75) is 10.1 Å². The van der Waals surface area contributed by atoms with Crippen LogP contribution in [0, 0.1) is 0 Å². The van der Waals surface area contributed by atoms with E-state index in [1.54, 1.807) is 25.3 Å². The highest BCUT2D eigenvalue weighted by Gasteiger charge is 2.16. The number of nitrogens with one attached hydrogen (secondary N) is 1. The van der Waals surface area contributed by atoms with Crippen molar-refractivity contribution in [3.8, 4) is 11.5 Å². The molecule has 0 saturated carbocycles. The highest BCUT2D eigenvalue weighted by molar-refractivity contribution is 8.00. The number of carbonyl (C=O) groups is 1. The molecule has 0 unspecified atom stereocenters. The van der Waals surface area contributed by atoms with E-state index in [1.807, 2.05) is 24.3 Å². The van der Waals surface area contributed by atoms with Crippen LogP contribution in [0.4, 0.5) is 5.13 Å². The van der Waals surface area contributed by atoms with Gasteiger partial charge in [0, 0.05) is 16.8 Å². The van der Waals surface area contributed by atoms with Crippen molar-refractivity contribution in [2.24, 2.45) is 0 Å². The first-order valence-corrected chi connectivity index (χ1v) is 10.0. The van der Waals surface area contributed by atoms with E-state index in [1.165, 1.54) is 30.2 Å². The van der Waals surface area contributed by atoms with Gasteiger partial charge in [0.25, 0.3) is 5.91 Å². The fourth-order valence-electron chi connectivity index (χ4n) is 2.22. The number of thioether (sulfide) groups is 1. The summed E-state index contributed by atoms with van der Waals surface area (Å²) in [7, 11) is 3.05. The van der Waals surface area contributed by atoms with Gasteiger partial charge in [-0.25, -0.2) is 0 Å². The van der Waals surface area contributed by atoms with E-state index < -0.39 is 0 Å². The minimum atomic E-state index is -0.326. The fraction of sp³-hybridized carbons (Fsp3) is 0.167. The predicted molar refractivity (Wildman–Crippen MR) is 108 cm³/mol. The van der Waals surface area contributed by atoms with Crippen LogP contribution in [-0.4, -0.2) is 30.3 Å². The van der Waals surface area contributed by atoms with Gasteiger partial charge in [0.2, 0.25) is 5.13 Å². The average Bonchev–Trinajstić information content (AvgIpc) is 3.14. The van der Waals surface area contributed by atoms with Crippen molar-refractivity contribution >= 4 is 45.7 Å². The van der Waals surface area contributed by atoms with Crippen molar-refractivity contribution in [1.82, 2.24) is 10.2 Å². The predicted octanol–water partition coefficient (Wildman–Crippen LogP) is 4.75. The normalized spacial score (nSPS) is 10.5. The second-order valence-corrected chi connectivity index (χ2v) is 7.88. The highest BCUT2D eigenvalue weighted by Crippen LogP contribution is 2.31. The first-order chi connectivity index (χ1) is 13.1. The summed E-state index contributed by atoms with van der Waals surface area (Å²) < 4.78 is 11.1. The van der Waals surface area contributed by atoms with Crippen LogP contribution in [0.25, 0.3) is 0 Å². The van der Waals surface area contributed by atoms with Gasteiger partial charge in [0.1, 0.15) is 11.5 Å². The van der Waals surface area contributed by atoms with Crippen LogP contribution in [0.3, 0.4) is 0 Å². The van der Waals surface area contributed by atoms with Gasteiger partial charge in [-0.3, -0.25) is 10.1 Å². The maximum atomic E-state index is 12.5. The molecule has 0 saturated heterocycles. The topological polar surface area (TPSA) is 73.3 Å². The molecule has 1 N–H and O–H groups in total. The second-order valence-electron chi connectivity index (χ2n) is 5.27. The van der Waals surface area contributed by atoms with Gasteiger partial charge >= 0.3 is 0 Å². The Hall–Kier alpha value is -2.29. The number of amides is 1. The Morgan fingerprint density at radius 3 is 2.74 bits per heavy atom. The molecule has 0 aliphatic heterocycles. The summed E-state index contributed by atoms with van der Waals surface area (Å²) in [6, 6.07) is 12.6. The maximum absolute atomic E-state index is 12.5. The highest BCUT2D eigenvalue weighted by atomic mass is 35.5. The molecule has 2 aromatic carbocycles. The fourth-order valence-corrected chi connectivity index (χ4v) is 4.26. The zero-order valence-electron chi connectivity index (χ0n) is 14.6. The van der Waals surface area contributed by atoms with Gasteiger partial charge in [0.15, 0.2) is 4.34 Å². The molecule has 140 valence electrons. The molecule has 0 fully saturated rings. The quantitative estimate of drug-likeness (QED) is 0.438. The molecule has 0 bridgehead atoms. The minimum Gasteiger partial charge on any atom is -0.497 e. The van der Waals surface area contributed by atoms with Crippen LogP contribution in [0.1, 0.15) is 15.9 Å². The van der Waals surface area contributed by atoms with Crippen LogP contribution in [0.15, 0.2) is 46.8 Å². The molecule has 0 atom stereocenters. The number of hydrogen-bond acceptors (Lipinski definition) is 7. The number of nitrogens with zero attached hydrogens (tertiary/aromatic N) is 2. The zero-order valence-corrected chi connectivity index (χ0v) is 17.0. The largest absolute Gasteiger partial charge is 0.497 e. The lowest BCUT2D eigenvalue weighted by molar-refractivity contribution is 0.102. The average molecular weight is 422 g/mol. The van der Waals surface area contributed by atoms with E-state index in [0.29, 0.717) is 27.9 Å². The van der Waals surface area contributed by atoms with Crippen LogP contribution in [0.5, 0.6) is 11.5 Å². The van der Waals surface area contributed by atoms with Gasteiger partial charge in [-0.1, -0.05) is 52.9 Å². The lowest BCUT2D eigenvalue weighted by Gasteiger charge is -2.09. The van der Waals surface area contributed by atoms with Gasteiger partial charge in [-0.2, -0.15) is 0 Å². The number of ether oxygens (including phenoxy) is 2. The summed E-state index contributed by atoms with van der Waals surface area (Å²) >= 11 is 8.97. The first kappa shape index (κ1) is 19.5. The summed E-state index contributed by atoms with van der Waals surface area (Å²) in [4.78, 5) is 12.5. The number of anilines is 1. The standard InChI is InChI=1S/C18H16ClN3O3S2/c1-24-12-7-8-13(15(9-12)25-2)16(23)20-17-21-22-18(27-17)26-10-11-5-3-4-6-14(11)19/h3-9H,10H2,1-2H3,(H,20,21,23). The van der Waals surface area contributed by atoms with Gasteiger partial charge in [-0.15, -0.1) is 10.2 Å². The molecule has 0 aliphatic rings. The van der Waals surface area contributed by atoms with E-state index in [0.717, 1.165) is 14.9 Å². The van der Waals surface area contributed by atoms with Crippen LogP contribution >= 0.6 is 34.7 Å². The molecule has 1 heterocycles. The van der Waals surface area contributed by atoms with E-state index in [2.05, 4.69) is 15.5 Å². The van der Waals surface area contributed by atoms with Crippen molar-refractivity contribution in [1.29, 1.82) is 0 Å². The van der Waals surface area contributed by atoms with E-state index >= 15 is 0 Å². The number of hydrogen-bond donors (Lipinski definition) is 1. The molecule has 9 heteroatoms. The number of halogens is 1. The molecule has 3 rings (SSSR count). The lowest BCUT2D eigenvalue weighted by Crippen LogP contribution is -2.13. The zero-order chi connectivity index (χ0) is 19.2. The van der Waals surface area contributed by atoms with Crippen molar-refractivity contribution < 1.29 is 14.3 Å². The third-order valence-corrected chi connectivity index (χ3v) is 5.98. The second kappa shape index (κ2) is 9.07. The van der Waals surface area contributed by atoms with E-state index in [-0.39, 0.29) is 5.91 Å². The summed E-state index contributed by atoms with van der Waals surface area (Å²) in [6.45, 7) is 0. The number of aromatic nitrogens is 2. The van der Waals surface area contributed by atoms with Crippen molar-refractivity contribution in [3.63, 3.8) is 0 Å². The summed E-state index contributed by atoms with van der Waals surface area (Å²) in [5.74, 6) is 1.38. The molecule has 1 amide bonds. The maximum Gasteiger partial charge on any atom is 0.261 e. The van der Waals surface area contributed by atoms with Gasteiger partial charge < -0.3 is 9.47 Å². The molecule has 1 aromatic heterocycles. The summed E-state index contributed by atoms with van der Waals surface area (Å²) in [5, 5.41) is 12.0. The molecule has 0 spiro atoms. The Bertz CT molecular complexity index is 949. The monoisotopic (exact) mass is 421 g/mol. The lowest BCUT2D eigenvalue weighted by atomic mass is 10.2. The van der Waals surface area contributed by atoms with Crippen LogP contribution in [0.2, 0.25) is 5.02 Å². The van der Waals surface area contributed by atoms with E-state index in [4.69, 9.17) is 21.1 Å².